The minimum Gasteiger partial charge on any atom is -0.336 e. The van der Waals surface area contributed by atoms with Crippen molar-refractivity contribution in [1.82, 2.24) is 9.71 Å². The zero-order chi connectivity index (χ0) is 11.8. The largest absolute Gasteiger partial charge is 0.336 e. The Labute approximate surface area is 95.9 Å². The first-order valence-corrected chi connectivity index (χ1v) is 5.56. The molecule has 1 rings (SSSR count). The highest BCUT2D eigenvalue weighted by Gasteiger charge is 2.12. The van der Waals surface area contributed by atoms with Crippen molar-refractivity contribution >= 4 is 5.97 Å². The van der Waals surface area contributed by atoms with Gasteiger partial charge in [-0.2, -0.15) is 4.73 Å². The standard InChI is InChI=1S/C12H18N2O2/c1-3-5-6-11(4-2)9-12(15)16-14-8-7-13-10-14/h3,5,7-8,10-11H,4,6,9H2,1-2H3. The van der Waals surface area contributed by atoms with Crippen LogP contribution in [0.25, 0.3) is 0 Å². The van der Waals surface area contributed by atoms with Crippen molar-refractivity contribution in [2.24, 2.45) is 5.92 Å². The zero-order valence-corrected chi connectivity index (χ0v) is 9.80. The maximum Gasteiger partial charge on any atom is 0.333 e. The quantitative estimate of drug-likeness (QED) is 0.693. The van der Waals surface area contributed by atoms with E-state index in [9.17, 15) is 4.79 Å². The number of rotatable bonds is 6. The van der Waals surface area contributed by atoms with Crippen LogP contribution in [0.1, 0.15) is 33.1 Å². The lowest BCUT2D eigenvalue weighted by Crippen LogP contribution is -2.20. The van der Waals surface area contributed by atoms with Crippen LogP contribution in [-0.4, -0.2) is 15.7 Å². The Kier molecular flexibility index (Phi) is 5.32. The second-order valence-electron chi connectivity index (χ2n) is 3.67. The summed E-state index contributed by atoms with van der Waals surface area (Å²) in [4.78, 5) is 20.4. The molecular formula is C12H18N2O2. The van der Waals surface area contributed by atoms with Crippen LogP contribution in [0.5, 0.6) is 0 Å². The molecule has 1 aromatic heterocycles. The molecule has 0 N–H and O–H groups in total. The maximum atomic E-state index is 11.5. The molecule has 0 aromatic carbocycles. The van der Waals surface area contributed by atoms with Gasteiger partial charge >= 0.3 is 5.97 Å². The Hall–Kier alpha value is -1.58. The van der Waals surface area contributed by atoms with Crippen LogP contribution in [0.4, 0.5) is 0 Å². The first-order valence-electron chi connectivity index (χ1n) is 5.56. The zero-order valence-electron chi connectivity index (χ0n) is 9.80. The number of carbonyl (C=O) groups excluding carboxylic acids is 1. The molecule has 1 aromatic rings. The summed E-state index contributed by atoms with van der Waals surface area (Å²) >= 11 is 0. The number of allylic oxidation sites excluding steroid dienone is 2. The normalized spacial score (nSPS) is 12.9. The van der Waals surface area contributed by atoms with Crippen LogP contribution < -0.4 is 4.84 Å². The molecule has 0 aliphatic rings. The summed E-state index contributed by atoms with van der Waals surface area (Å²) in [6.45, 7) is 4.06. The molecule has 0 radical (unpaired) electrons. The molecule has 0 spiro atoms. The van der Waals surface area contributed by atoms with Crippen molar-refractivity contribution < 1.29 is 9.63 Å². The highest BCUT2D eigenvalue weighted by atomic mass is 16.7. The minimum atomic E-state index is -0.214. The predicted octanol–water partition coefficient (Wildman–Crippen LogP) is 2.22. The Morgan fingerprint density at radius 3 is 3.00 bits per heavy atom. The lowest BCUT2D eigenvalue weighted by Gasteiger charge is -2.11. The van der Waals surface area contributed by atoms with Crippen LogP contribution in [-0.2, 0) is 4.79 Å². The summed E-state index contributed by atoms with van der Waals surface area (Å²) in [7, 11) is 0. The Morgan fingerprint density at radius 2 is 2.44 bits per heavy atom. The van der Waals surface area contributed by atoms with Gasteiger partial charge in [0.1, 0.15) is 6.33 Å². The van der Waals surface area contributed by atoms with Crippen LogP contribution in [0, 0.1) is 5.92 Å². The molecule has 4 heteroatoms. The molecule has 0 fully saturated rings. The van der Waals surface area contributed by atoms with Gasteiger partial charge in [-0.15, -0.1) is 0 Å². The third-order valence-electron chi connectivity index (χ3n) is 2.43. The van der Waals surface area contributed by atoms with E-state index in [4.69, 9.17) is 4.84 Å². The molecule has 4 nitrogen and oxygen atoms in total. The number of hydrogen-bond acceptors (Lipinski definition) is 3. The molecule has 1 unspecified atom stereocenters. The smallest absolute Gasteiger partial charge is 0.333 e. The number of carbonyl (C=O) groups is 1. The van der Waals surface area contributed by atoms with Crippen LogP contribution in [0.2, 0.25) is 0 Å². The van der Waals surface area contributed by atoms with Gasteiger partial charge < -0.3 is 4.84 Å². The van der Waals surface area contributed by atoms with Gasteiger partial charge in [-0.3, -0.25) is 0 Å². The molecule has 0 aliphatic carbocycles. The molecule has 16 heavy (non-hydrogen) atoms. The van der Waals surface area contributed by atoms with Crippen molar-refractivity contribution in [3.63, 3.8) is 0 Å². The fourth-order valence-corrected chi connectivity index (χ4v) is 1.41. The van der Waals surface area contributed by atoms with Gasteiger partial charge in [-0.1, -0.05) is 25.5 Å². The summed E-state index contributed by atoms with van der Waals surface area (Å²) in [5.41, 5.74) is 0. The van der Waals surface area contributed by atoms with Crippen molar-refractivity contribution in [2.45, 2.75) is 33.1 Å². The third kappa shape index (κ3) is 4.29. The van der Waals surface area contributed by atoms with E-state index in [-0.39, 0.29) is 5.97 Å². The van der Waals surface area contributed by atoms with E-state index in [1.165, 1.54) is 11.1 Å². The predicted molar refractivity (Wildman–Crippen MR) is 61.6 cm³/mol. The number of aromatic nitrogens is 2. The van der Waals surface area contributed by atoms with E-state index < -0.39 is 0 Å². The Balaban J connectivity index is 2.37. The van der Waals surface area contributed by atoms with Gasteiger partial charge in [0, 0.05) is 6.20 Å². The fourth-order valence-electron chi connectivity index (χ4n) is 1.41. The SMILES string of the molecule is CC=CCC(CC)CC(=O)On1ccnc1. The third-order valence-corrected chi connectivity index (χ3v) is 2.43. The van der Waals surface area contributed by atoms with Gasteiger partial charge in [0.2, 0.25) is 0 Å². The van der Waals surface area contributed by atoms with E-state index >= 15 is 0 Å². The Bertz CT molecular complexity index is 331. The summed E-state index contributed by atoms with van der Waals surface area (Å²) in [5, 5.41) is 0. The number of hydrogen-bond donors (Lipinski definition) is 0. The van der Waals surface area contributed by atoms with Crippen LogP contribution in [0.3, 0.4) is 0 Å². The van der Waals surface area contributed by atoms with Crippen molar-refractivity contribution in [3.8, 4) is 0 Å². The second kappa shape index (κ2) is 6.82. The monoisotopic (exact) mass is 222 g/mol. The molecule has 0 saturated carbocycles. The molecule has 88 valence electrons. The fraction of sp³-hybridized carbons (Fsp3) is 0.500. The van der Waals surface area contributed by atoms with Gasteiger partial charge in [-0.25, -0.2) is 9.78 Å². The first-order chi connectivity index (χ1) is 7.76. The molecule has 0 bridgehead atoms. The van der Waals surface area contributed by atoms with Crippen molar-refractivity contribution in [1.29, 1.82) is 0 Å². The number of imidazole rings is 1. The summed E-state index contributed by atoms with van der Waals surface area (Å²) < 4.78 is 1.32. The lowest BCUT2D eigenvalue weighted by atomic mass is 9.98. The molecule has 1 heterocycles. The van der Waals surface area contributed by atoms with Gasteiger partial charge in [-0.05, 0) is 19.3 Å². The molecule has 1 atom stereocenters. The average molecular weight is 222 g/mol. The highest BCUT2D eigenvalue weighted by Crippen LogP contribution is 2.13. The van der Waals surface area contributed by atoms with Crippen LogP contribution in [0.15, 0.2) is 30.9 Å². The van der Waals surface area contributed by atoms with E-state index in [1.54, 1.807) is 12.4 Å². The Morgan fingerprint density at radius 1 is 1.62 bits per heavy atom. The first kappa shape index (κ1) is 12.5. The molecule has 0 amide bonds. The van der Waals surface area contributed by atoms with Crippen molar-refractivity contribution in [3.05, 3.63) is 30.9 Å². The van der Waals surface area contributed by atoms with Crippen molar-refractivity contribution in [2.75, 3.05) is 0 Å². The van der Waals surface area contributed by atoms with E-state index in [1.807, 2.05) is 13.0 Å². The highest BCUT2D eigenvalue weighted by molar-refractivity contribution is 5.69. The van der Waals surface area contributed by atoms with Gasteiger partial charge in [0.25, 0.3) is 0 Å². The summed E-state index contributed by atoms with van der Waals surface area (Å²) in [5.74, 6) is 0.140. The van der Waals surface area contributed by atoms with Gasteiger partial charge in [0.15, 0.2) is 0 Å². The minimum absolute atomic E-state index is 0.214. The summed E-state index contributed by atoms with van der Waals surface area (Å²) in [6.07, 6.45) is 11.1. The van der Waals surface area contributed by atoms with Gasteiger partial charge in [0.05, 0.1) is 12.6 Å². The van der Waals surface area contributed by atoms with E-state index in [0.717, 1.165) is 12.8 Å². The van der Waals surface area contributed by atoms with E-state index in [0.29, 0.717) is 12.3 Å². The maximum absolute atomic E-state index is 11.5. The van der Waals surface area contributed by atoms with Crippen LogP contribution >= 0.6 is 0 Å². The topological polar surface area (TPSA) is 44.1 Å². The lowest BCUT2D eigenvalue weighted by molar-refractivity contribution is -0.145. The number of nitrogens with zero attached hydrogens (tertiary/aromatic N) is 2. The molecular weight excluding hydrogens is 204 g/mol. The molecule has 0 saturated heterocycles. The average Bonchev–Trinajstić information content (AvgIpc) is 2.76. The summed E-state index contributed by atoms with van der Waals surface area (Å²) in [6, 6.07) is 0. The second-order valence-corrected chi connectivity index (χ2v) is 3.67. The van der Waals surface area contributed by atoms with E-state index in [2.05, 4.69) is 18.0 Å². The molecule has 0 aliphatic heterocycles.